The van der Waals surface area contributed by atoms with Crippen molar-refractivity contribution in [2.75, 3.05) is 0 Å². The van der Waals surface area contributed by atoms with Crippen molar-refractivity contribution in [1.82, 2.24) is 14.5 Å². The number of nitrogens with zero attached hydrogens (tertiary/aromatic N) is 3. The molecule has 1 aliphatic heterocycles. The Morgan fingerprint density at radius 3 is 1.56 bits per heavy atom. The molecule has 0 bridgehead atoms. The van der Waals surface area contributed by atoms with Gasteiger partial charge in [0.05, 0.1) is 22.6 Å². The largest absolute Gasteiger partial charge is 0.308 e. The predicted molar refractivity (Wildman–Crippen MR) is 216 cm³/mol. The molecule has 1 aliphatic rings. The number of para-hydroxylation sites is 1. The highest BCUT2D eigenvalue weighted by molar-refractivity contribution is 7.99. The number of hydrogen-bond donors (Lipinski definition) is 0. The molecule has 3 heterocycles. The van der Waals surface area contributed by atoms with E-state index in [1.165, 1.54) is 54.2 Å². The molecule has 9 aromatic rings. The summed E-state index contributed by atoms with van der Waals surface area (Å²) in [6, 6.07) is 66.7. The Balaban J connectivity index is 1.22. The van der Waals surface area contributed by atoms with Crippen LogP contribution in [0.4, 0.5) is 0 Å². The summed E-state index contributed by atoms with van der Waals surface area (Å²) >= 11 is 1.85. The third kappa shape index (κ3) is 5.15. The number of benzene rings is 7. The maximum atomic E-state index is 5.11. The Hall–Kier alpha value is -6.49. The van der Waals surface area contributed by atoms with Gasteiger partial charge in [-0.3, -0.25) is 0 Å². The molecule has 2 aromatic heterocycles. The predicted octanol–water partition coefficient (Wildman–Crippen LogP) is 12.9. The molecule has 0 amide bonds. The van der Waals surface area contributed by atoms with Crippen LogP contribution in [0.3, 0.4) is 0 Å². The van der Waals surface area contributed by atoms with Crippen LogP contribution in [0.25, 0.3) is 84.0 Å². The van der Waals surface area contributed by atoms with Gasteiger partial charge in [0.15, 0.2) is 5.82 Å². The second-order valence-electron chi connectivity index (χ2n) is 13.0. The second-order valence-corrected chi connectivity index (χ2v) is 14.0. The molecule has 10 rings (SSSR count). The van der Waals surface area contributed by atoms with E-state index in [9.17, 15) is 0 Å². The van der Waals surface area contributed by atoms with Crippen LogP contribution in [0.2, 0.25) is 0 Å². The fourth-order valence-electron chi connectivity index (χ4n) is 7.46. The Kier molecular flexibility index (Phi) is 7.40. The maximum absolute atomic E-state index is 5.11. The highest BCUT2D eigenvalue weighted by Gasteiger charge is 2.29. The minimum Gasteiger partial charge on any atom is -0.308 e. The minimum atomic E-state index is 0.698. The molecule has 0 radical (unpaired) electrons. The van der Waals surface area contributed by atoms with Crippen LogP contribution in [0.15, 0.2) is 198 Å². The summed E-state index contributed by atoms with van der Waals surface area (Å²) in [6.45, 7) is 0. The lowest BCUT2D eigenvalue weighted by Crippen LogP contribution is -2.00. The van der Waals surface area contributed by atoms with E-state index >= 15 is 0 Å². The molecule has 3 nitrogen and oxygen atoms in total. The van der Waals surface area contributed by atoms with E-state index in [0.29, 0.717) is 5.82 Å². The van der Waals surface area contributed by atoms with Crippen molar-refractivity contribution >= 4 is 22.7 Å². The lowest BCUT2D eigenvalue weighted by Gasteiger charge is -2.16. The molecule has 0 saturated heterocycles. The number of aromatic nitrogens is 3. The molecule has 4 heteroatoms. The minimum absolute atomic E-state index is 0.698. The zero-order valence-electron chi connectivity index (χ0n) is 28.1. The van der Waals surface area contributed by atoms with Crippen molar-refractivity contribution in [3.05, 3.63) is 188 Å². The van der Waals surface area contributed by atoms with E-state index in [1.807, 2.05) is 23.9 Å². The Bertz CT molecular complexity index is 2680. The van der Waals surface area contributed by atoms with Gasteiger partial charge in [-0.1, -0.05) is 157 Å². The number of fused-ring (bicyclic) bond motifs is 7. The smallest absolute Gasteiger partial charge is 0.160 e. The zero-order chi connectivity index (χ0) is 34.4. The molecule has 0 saturated carbocycles. The summed E-state index contributed by atoms with van der Waals surface area (Å²) in [5, 5.41) is 1.23. The van der Waals surface area contributed by atoms with Crippen LogP contribution in [-0.4, -0.2) is 14.5 Å². The molecule has 0 aliphatic carbocycles. The van der Waals surface area contributed by atoms with Gasteiger partial charge in [0, 0.05) is 54.2 Å². The van der Waals surface area contributed by atoms with E-state index in [4.69, 9.17) is 9.97 Å². The summed E-state index contributed by atoms with van der Waals surface area (Å²) in [5.41, 5.74) is 14.5. The average Bonchev–Trinajstić information content (AvgIpc) is 3.49. The van der Waals surface area contributed by atoms with Gasteiger partial charge in [-0.2, -0.15) is 0 Å². The quantitative estimate of drug-likeness (QED) is 0.181. The summed E-state index contributed by atoms with van der Waals surface area (Å²) < 4.78 is 2.48. The molecule has 0 N–H and O–H groups in total. The van der Waals surface area contributed by atoms with Crippen molar-refractivity contribution in [2.45, 2.75) is 9.79 Å². The van der Waals surface area contributed by atoms with Crippen molar-refractivity contribution in [3.8, 4) is 73.1 Å². The molecule has 52 heavy (non-hydrogen) atoms. The molecular formula is C48H31N3S. The first-order chi connectivity index (χ1) is 25.8. The monoisotopic (exact) mass is 681 g/mol. The summed E-state index contributed by atoms with van der Waals surface area (Å²) in [7, 11) is 0. The maximum Gasteiger partial charge on any atom is 0.160 e. The van der Waals surface area contributed by atoms with Crippen LogP contribution >= 0.6 is 11.8 Å². The van der Waals surface area contributed by atoms with E-state index in [1.54, 1.807) is 0 Å². The third-order valence-electron chi connectivity index (χ3n) is 9.84. The van der Waals surface area contributed by atoms with Gasteiger partial charge in [0.25, 0.3) is 0 Å². The molecule has 0 spiro atoms. The van der Waals surface area contributed by atoms with Crippen molar-refractivity contribution in [2.24, 2.45) is 0 Å². The molecule has 244 valence electrons. The van der Waals surface area contributed by atoms with E-state index in [2.05, 4.69) is 180 Å². The molecule has 0 unspecified atom stereocenters. The first-order valence-corrected chi connectivity index (χ1v) is 18.3. The molecule has 7 aromatic carbocycles. The zero-order valence-corrected chi connectivity index (χ0v) is 29.0. The SMILES string of the molecule is c1ccc(-c2cc(-c3ccccc3)nc(-c3ccc(-n4c5c(c6cccc(-c7ccccc7)c64)-c4ccccc4Sc4ccccc4-5)cc3)n2)cc1. The van der Waals surface area contributed by atoms with Crippen molar-refractivity contribution in [1.29, 1.82) is 0 Å². The van der Waals surface area contributed by atoms with E-state index < -0.39 is 0 Å². The Morgan fingerprint density at radius 1 is 0.404 bits per heavy atom. The lowest BCUT2D eigenvalue weighted by atomic mass is 9.96. The molecule has 0 atom stereocenters. The fraction of sp³-hybridized carbons (Fsp3) is 0. The summed E-state index contributed by atoms with van der Waals surface area (Å²) in [6.07, 6.45) is 0. The van der Waals surface area contributed by atoms with Crippen molar-refractivity contribution in [3.63, 3.8) is 0 Å². The van der Waals surface area contributed by atoms with Gasteiger partial charge >= 0.3 is 0 Å². The van der Waals surface area contributed by atoms with Gasteiger partial charge in [-0.25, -0.2) is 9.97 Å². The first kappa shape index (κ1) is 30.3. The standard InChI is InChI=1S/C48H31N3S/c1-4-15-32(16-5-1)37-23-14-24-40-45-38-21-10-12-25-43(38)52-44-26-13-11-22-39(44)47(45)51(46(37)40)36-29-27-35(28-30-36)48-49-41(33-17-6-2-7-18-33)31-42(50-48)34-19-8-3-9-20-34/h1-31H. The van der Waals surface area contributed by atoms with E-state index in [0.717, 1.165) is 33.8 Å². The molecular weight excluding hydrogens is 651 g/mol. The van der Waals surface area contributed by atoms with Gasteiger partial charge in [-0.15, -0.1) is 0 Å². The van der Waals surface area contributed by atoms with Crippen LogP contribution in [0.5, 0.6) is 0 Å². The highest BCUT2D eigenvalue weighted by Crippen LogP contribution is 2.53. The average molecular weight is 682 g/mol. The van der Waals surface area contributed by atoms with Crippen LogP contribution in [0, 0.1) is 0 Å². The third-order valence-corrected chi connectivity index (χ3v) is 11.0. The van der Waals surface area contributed by atoms with Crippen molar-refractivity contribution < 1.29 is 0 Å². The van der Waals surface area contributed by atoms with Gasteiger partial charge in [-0.05, 0) is 53.6 Å². The normalized spacial score (nSPS) is 11.8. The Labute approximate surface area is 306 Å². The highest BCUT2D eigenvalue weighted by atomic mass is 32.2. The van der Waals surface area contributed by atoms with E-state index in [-0.39, 0.29) is 0 Å². The van der Waals surface area contributed by atoms with Gasteiger partial charge < -0.3 is 4.57 Å². The topological polar surface area (TPSA) is 30.7 Å². The number of hydrogen-bond acceptors (Lipinski definition) is 3. The van der Waals surface area contributed by atoms with Gasteiger partial charge in [0.2, 0.25) is 0 Å². The number of rotatable bonds is 5. The fourth-order valence-corrected chi connectivity index (χ4v) is 8.54. The molecule has 0 fully saturated rings. The summed E-state index contributed by atoms with van der Waals surface area (Å²) in [4.78, 5) is 12.7. The van der Waals surface area contributed by atoms with Gasteiger partial charge in [0.1, 0.15) is 0 Å². The Morgan fingerprint density at radius 2 is 0.923 bits per heavy atom. The lowest BCUT2D eigenvalue weighted by molar-refractivity contribution is 1.12. The van der Waals surface area contributed by atoms with Crippen LogP contribution in [0.1, 0.15) is 0 Å². The first-order valence-electron chi connectivity index (χ1n) is 17.5. The van der Waals surface area contributed by atoms with Crippen LogP contribution < -0.4 is 0 Å². The summed E-state index contributed by atoms with van der Waals surface area (Å²) in [5.74, 6) is 0.698. The van der Waals surface area contributed by atoms with Crippen LogP contribution in [-0.2, 0) is 0 Å². The second kappa shape index (κ2) is 12.7.